The lowest BCUT2D eigenvalue weighted by Gasteiger charge is -2.13. The van der Waals surface area contributed by atoms with Gasteiger partial charge in [0, 0.05) is 35.4 Å². The fourth-order valence-electron chi connectivity index (χ4n) is 1.49. The number of carboxylic acid groups (broad SMARTS) is 1. The molecule has 0 rings (SSSR count). The highest BCUT2D eigenvalue weighted by atomic mass is 32.2. The summed E-state index contributed by atoms with van der Waals surface area (Å²) < 4.78 is 11.1. The number of aliphatic carboxylic acids is 1. The Bertz CT molecular complexity index is 323. The minimum absolute atomic E-state index is 0.0344. The Morgan fingerprint density at radius 3 is 2.37 bits per heavy atom. The first kappa shape index (κ1) is 17.9. The van der Waals surface area contributed by atoms with Gasteiger partial charge in [0.15, 0.2) is 0 Å². The summed E-state index contributed by atoms with van der Waals surface area (Å²) in [4.78, 5) is 22.3. The van der Waals surface area contributed by atoms with E-state index in [4.69, 9.17) is 5.11 Å². The highest BCUT2D eigenvalue weighted by Gasteiger charge is 2.17. The van der Waals surface area contributed by atoms with Gasteiger partial charge in [0.1, 0.15) is 0 Å². The van der Waals surface area contributed by atoms with Gasteiger partial charge < -0.3 is 15.7 Å². The summed E-state index contributed by atoms with van der Waals surface area (Å²) in [5.74, 6) is -1.44. The van der Waals surface area contributed by atoms with Crippen LogP contribution in [0.25, 0.3) is 0 Å². The number of carbonyl (C=O) groups excluding carboxylic acids is 1. The molecule has 0 heterocycles. The van der Waals surface area contributed by atoms with Gasteiger partial charge in [-0.1, -0.05) is 20.3 Å². The predicted molar refractivity (Wildman–Crippen MR) is 75.6 cm³/mol. The summed E-state index contributed by atoms with van der Waals surface area (Å²) in [6, 6.07) is -0.378. The van der Waals surface area contributed by atoms with E-state index in [2.05, 4.69) is 10.6 Å². The first-order valence-corrected chi connectivity index (χ1v) is 8.07. The predicted octanol–water partition coefficient (Wildman–Crippen LogP) is 0.944. The molecule has 0 saturated heterocycles. The molecule has 0 radical (unpaired) electrons. The molecule has 0 aromatic carbocycles. The van der Waals surface area contributed by atoms with Crippen molar-refractivity contribution < 1.29 is 18.9 Å². The summed E-state index contributed by atoms with van der Waals surface area (Å²) in [5.41, 5.74) is 0. The van der Waals surface area contributed by atoms with Crippen molar-refractivity contribution in [3.63, 3.8) is 0 Å². The van der Waals surface area contributed by atoms with Crippen LogP contribution in [0.3, 0.4) is 0 Å². The molecule has 19 heavy (non-hydrogen) atoms. The van der Waals surface area contributed by atoms with E-state index in [1.807, 2.05) is 13.8 Å². The molecule has 0 aliphatic carbocycles. The Balaban J connectivity index is 3.85. The molecule has 3 atom stereocenters. The molecule has 3 unspecified atom stereocenters. The first-order chi connectivity index (χ1) is 8.88. The van der Waals surface area contributed by atoms with Crippen LogP contribution in [0.2, 0.25) is 0 Å². The van der Waals surface area contributed by atoms with Crippen molar-refractivity contribution in [2.24, 2.45) is 5.92 Å². The number of hydrogen-bond donors (Lipinski definition) is 3. The molecule has 6 nitrogen and oxygen atoms in total. The second-order valence-corrected chi connectivity index (χ2v) is 6.36. The van der Waals surface area contributed by atoms with Gasteiger partial charge in [0.2, 0.25) is 0 Å². The van der Waals surface area contributed by atoms with Crippen LogP contribution in [0.5, 0.6) is 0 Å². The van der Waals surface area contributed by atoms with Crippen LogP contribution < -0.4 is 10.6 Å². The molecule has 2 amide bonds. The maximum Gasteiger partial charge on any atom is 0.314 e. The molecule has 0 aliphatic rings. The van der Waals surface area contributed by atoms with E-state index in [1.54, 1.807) is 6.26 Å². The maximum absolute atomic E-state index is 11.4. The van der Waals surface area contributed by atoms with Crippen molar-refractivity contribution >= 4 is 22.8 Å². The van der Waals surface area contributed by atoms with E-state index in [0.29, 0.717) is 19.4 Å². The zero-order valence-corrected chi connectivity index (χ0v) is 12.6. The van der Waals surface area contributed by atoms with Crippen LogP contribution >= 0.6 is 0 Å². The Morgan fingerprint density at radius 2 is 1.89 bits per heavy atom. The van der Waals surface area contributed by atoms with Crippen molar-refractivity contribution in [3.05, 3.63) is 0 Å². The van der Waals surface area contributed by atoms with Crippen molar-refractivity contribution in [2.45, 2.75) is 38.4 Å². The van der Waals surface area contributed by atoms with Gasteiger partial charge in [-0.25, -0.2) is 4.79 Å². The number of nitrogens with one attached hydrogen (secondary N) is 2. The lowest BCUT2D eigenvalue weighted by atomic mass is 10.0. The summed E-state index contributed by atoms with van der Waals surface area (Å²) in [7, 11) is -0.894. The van der Waals surface area contributed by atoms with E-state index >= 15 is 0 Å². The van der Waals surface area contributed by atoms with E-state index in [9.17, 15) is 13.8 Å². The van der Waals surface area contributed by atoms with Crippen molar-refractivity contribution in [3.8, 4) is 0 Å². The topological polar surface area (TPSA) is 95.5 Å². The quantitative estimate of drug-likeness (QED) is 0.589. The highest BCUT2D eigenvalue weighted by Crippen LogP contribution is 2.04. The number of hydrogen-bond acceptors (Lipinski definition) is 3. The van der Waals surface area contributed by atoms with E-state index in [0.717, 1.165) is 6.42 Å². The van der Waals surface area contributed by atoms with E-state index in [1.165, 1.54) is 0 Å². The van der Waals surface area contributed by atoms with Gasteiger partial charge in [0.25, 0.3) is 0 Å². The molecule has 0 saturated carbocycles. The molecular formula is C12H24N2O4S. The van der Waals surface area contributed by atoms with Crippen molar-refractivity contribution in [1.82, 2.24) is 10.6 Å². The molecule has 0 fully saturated rings. The number of carboxylic acids is 1. The van der Waals surface area contributed by atoms with Gasteiger partial charge in [-0.3, -0.25) is 9.00 Å². The van der Waals surface area contributed by atoms with Gasteiger partial charge >= 0.3 is 12.0 Å². The number of carbonyl (C=O) groups is 2. The van der Waals surface area contributed by atoms with Gasteiger partial charge in [-0.05, 0) is 12.8 Å². The molecule has 0 bridgehead atoms. The molecule has 0 aliphatic heterocycles. The van der Waals surface area contributed by atoms with Gasteiger partial charge in [-0.2, -0.15) is 0 Å². The minimum atomic E-state index is -0.894. The number of rotatable bonds is 9. The Hall–Kier alpha value is -1.11. The fourth-order valence-corrected chi connectivity index (χ4v) is 1.94. The fraction of sp³-hybridized carbons (Fsp3) is 0.833. The third-order valence-electron chi connectivity index (χ3n) is 2.90. The maximum atomic E-state index is 11.4. The molecular weight excluding hydrogens is 268 g/mol. The van der Waals surface area contributed by atoms with Crippen LogP contribution in [0, 0.1) is 5.92 Å². The average molecular weight is 292 g/mol. The monoisotopic (exact) mass is 292 g/mol. The summed E-state index contributed by atoms with van der Waals surface area (Å²) in [6.45, 7) is 4.32. The lowest BCUT2D eigenvalue weighted by Crippen LogP contribution is -2.40. The van der Waals surface area contributed by atoms with Crippen LogP contribution in [0.4, 0.5) is 4.79 Å². The van der Waals surface area contributed by atoms with Crippen molar-refractivity contribution in [1.29, 1.82) is 0 Å². The standard InChI is InChI=1S/C12H24N2O4S/c1-4-5-10(11(15)16)8-14-12(17)13-7-6-9(2)19(3)18/h9-10H,4-8H2,1-3H3,(H,15,16)(H2,13,14,17). The van der Waals surface area contributed by atoms with Crippen LogP contribution in [0.15, 0.2) is 0 Å². The summed E-state index contributed by atoms with van der Waals surface area (Å²) in [6.07, 6.45) is 3.57. The van der Waals surface area contributed by atoms with E-state index < -0.39 is 22.7 Å². The van der Waals surface area contributed by atoms with Crippen LogP contribution in [0.1, 0.15) is 33.1 Å². The average Bonchev–Trinajstić information content (AvgIpc) is 2.33. The Morgan fingerprint density at radius 1 is 1.26 bits per heavy atom. The van der Waals surface area contributed by atoms with E-state index in [-0.39, 0.29) is 17.8 Å². The smallest absolute Gasteiger partial charge is 0.314 e. The zero-order valence-electron chi connectivity index (χ0n) is 11.8. The molecule has 0 aromatic rings. The molecule has 0 spiro atoms. The Kier molecular flexibility index (Phi) is 9.20. The van der Waals surface area contributed by atoms with Crippen molar-refractivity contribution in [2.75, 3.05) is 19.3 Å². The van der Waals surface area contributed by atoms with Crippen LogP contribution in [-0.2, 0) is 15.6 Å². The molecule has 0 aromatic heterocycles. The first-order valence-electron chi connectivity index (χ1n) is 6.45. The third kappa shape index (κ3) is 8.58. The lowest BCUT2D eigenvalue weighted by molar-refractivity contribution is -0.141. The molecule has 7 heteroatoms. The normalized spacial score (nSPS) is 15.3. The summed E-state index contributed by atoms with van der Waals surface area (Å²) in [5, 5.41) is 14.1. The summed E-state index contributed by atoms with van der Waals surface area (Å²) >= 11 is 0. The zero-order chi connectivity index (χ0) is 14.8. The van der Waals surface area contributed by atoms with Crippen LogP contribution in [-0.4, -0.2) is 45.9 Å². The largest absolute Gasteiger partial charge is 0.481 e. The minimum Gasteiger partial charge on any atom is -0.481 e. The number of urea groups is 1. The second kappa shape index (κ2) is 9.77. The SMILES string of the molecule is CCCC(CNC(=O)NCCC(C)S(C)=O)C(=O)O. The number of amides is 2. The third-order valence-corrected chi connectivity index (χ3v) is 4.27. The van der Waals surface area contributed by atoms with Gasteiger partial charge in [0.05, 0.1) is 5.92 Å². The second-order valence-electron chi connectivity index (χ2n) is 4.56. The molecule has 3 N–H and O–H groups in total. The highest BCUT2D eigenvalue weighted by molar-refractivity contribution is 7.84. The molecule has 112 valence electrons. The van der Waals surface area contributed by atoms with Gasteiger partial charge in [-0.15, -0.1) is 0 Å². The Labute approximate surface area is 116 Å².